The average Bonchev–Trinajstić information content (AvgIpc) is 3.31. The number of carbonyl (C=O) groups excluding carboxylic acids is 2. The van der Waals surface area contributed by atoms with Gasteiger partial charge in [-0.3, -0.25) is 10.2 Å². The molecule has 2 amide bonds. The highest BCUT2D eigenvalue weighted by atomic mass is 16.6. The smallest absolute Gasteiger partial charge is 0.412 e. The highest BCUT2D eigenvalue weighted by Crippen LogP contribution is 2.28. The van der Waals surface area contributed by atoms with Crippen LogP contribution in [0, 0.1) is 0 Å². The molecule has 0 aliphatic carbocycles. The molecule has 7 heteroatoms. The number of ether oxygens (including phenoxy) is 2. The van der Waals surface area contributed by atoms with Crippen LogP contribution in [0.2, 0.25) is 0 Å². The molecule has 4 rings (SSSR count). The molecule has 28 heavy (non-hydrogen) atoms. The Morgan fingerprint density at radius 2 is 1.79 bits per heavy atom. The van der Waals surface area contributed by atoms with Gasteiger partial charge in [0, 0.05) is 24.8 Å². The normalized spacial score (nSPS) is 23.1. The number of rotatable bonds is 4. The monoisotopic (exact) mass is 381 g/mol. The quantitative estimate of drug-likeness (QED) is 0.851. The van der Waals surface area contributed by atoms with Crippen molar-refractivity contribution in [2.45, 2.75) is 31.2 Å². The van der Waals surface area contributed by atoms with Crippen LogP contribution in [0.5, 0.6) is 0 Å². The number of para-hydroxylation sites is 1. The van der Waals surface area contributed by atoms with Crippen molar-refractivity contribution in [3.63, 3.8) is 0 Å². The molecule has 2 N–H and O–H groups in total. The van der Waals surface area contributed by atoms with Gasteiger partial charge in [-0.2, -0.15) is 0 Å². The lowest BCUT2D eigenvalue weighted by molar-refractivity contribution is 0.0505. The third kappa shape index (κ3) is 4.09. The van der Waals surface area contributed by atoms with Crippen molar-refractivity contribution in [1.29, 1.82) is 0 Å². The summed E-state index contributed by atoms with van der Waals surface area (Å²) in [6.45, 7) is 1.32. The molecule has 2 saturated heterocycles. The first-order valence-corrected chi connectivity index (χ1v) is 9.44. The summed E-state index contributed by atoms with van der Waals surface area (Å²) in [6.07, 6.45) is -0.508. The Labute approximate surface area is 163 Å². The van der Waals surface area contributed by atoms with E-state index in [4.69, 9.17) is 9.47 Å². The lowest BCUT2D eigenvalue weighted by Crippen LogP contribution is -2.46. The van der Waals surface area contributed by atoms with E-state index in [0.717, 1.165) is 12.0 Å². The maximum Gasteiger partial charge on any atom is 0.412 e. The predicted molar refractivity (Wildman–Crippen MR) is 104 cm³/mol. The van der Waals surface area contributed by atoms with E-state index < -0.39 is 12.2 Å². The van der Waals surface area contributed by atoms with Crippen molar-refractivity contribution in [2.75, 3.05) is 18.4 Å². The van der Waals surface area contributed by atoms with Gasteiger partial charge in [0.25, 0.3) is 0 Å². The van der Waals surface area contributed by atoms with Crippen LogP contribution in [0.15, 0.2) is 60.7 Å². The second-order valence-electron chi connectivity index (χ2n) is 6.96. The van der Waals surface area contributed by atoms with Crippen LogP contribution in [-0.2, 0) is 16.1 Å². The van der Waals surface area contributed by atoms with Gasteiger partial charge in [-0.15, -0.1) is 0 Å². The number of nitrogens with zero attached hydrogens (tertiary/aromatic N) is 1. The van der Waals surface area contributed by atoms with E-state index >= 15 is 0 Å². The first kappa shape index (κ1) is 18.3. The summed E-state index contributed by atoms with van der Waals surface area (Å²) in [5.74, 6) is 0. The fraction of sp³-hybridized carbons (Fsp3) is 0.333. The van der Waals surface area contributed by atoms with Crippen molar-refractivity contribution in [3.8, 4) is 0 Å². The second-order valence-corrected chi connectivity index (χ2v) is 6.96. The van der Waals surface area contributed by atoms with Crippen molar-refractivity contribution in [1.82, 2.24) is 10.2 Å². The molecule has 0 spiro atoms. The first-order chi connectivity index (χ1) is 13.7. The summed E-state index contributed by atoms with van der Waals surface area (Å²) >= 11 is 0. The number of hydrogen-bond donors (Lipinski definition) is 2. The molecular formula is C21H23N3O4. The molecule has 2 aromatic rings. The maximum atomic E-state index is 12.6. The largest absolute Gasteiger partial charge is 0.445 e. The summed E-state index contributed by atoms with van der Waals surface area (Å²) in [5.41, 5.74) is 1.60. The molecule has 7 nitrogen and oxygen atoms in total. The number of carbonyl (C=O) groups is 2. The van der Waals surface area contributed by atoms with Crippen molar-refractivity contribution >= 4 is 17.9 Å². The van der Waals surface area contributed by atoms with Crippen molar-refractivity contribution in [3.05, 3.63) is 66.2 Å². The summed E-state index contributed by atoms with van der Waals surface area (Å²) in [7, 11) is 0. The number of fused-ring (bicyclic) bond motifs is 1. The van der Waals surface area contributed by atoms with Gasteiger partial charge < -0.3 is 14.8 Å². The Balaban J connectivity index is 1.35. The molecule has 3 atom stereocenters. The minimum atomic E-state index is -0.525. The Hall–Kier alpha value is -3.06. The van der Waals surface area contributed by atoms with Crippen LogP contribution >= 0.6 is 0 Å². The van der Waals surface area contributed by atoms with Crippen LogP contribution in [0.4, 0.5) is 15.3 Å². The Bertz CT molecular complexity index is 815. The van der Waals surface area contributed by atoms with Crippen LogP contribution < -0.4 is 10.6 Å². The molecule has 2 aliphatic heterocycles. The second kappa shape index (κ2) is 8.31. The van der Waals surface area contributed by atoms with Crippen LogP contribution in [0.3, 0.4) is 0 Å². The van der Waals surface area contributed by atoms with E-state index in [9.17, 15) is 9.59 Å². The number of likely N-dealkylation sites (tertiary alicyclic amines) is 1. The predicted octanol–water partition coefficient (Wildman–Crippen LogP) is 2.99. The zero-order valence-electron chi connectivity index (χ0n) is 15.4. The molecule has 0 bridgehead atoms. The molecule has 2 aromatic carbocycles. The van der Waals surface area contributed by atoms with E-state index in [2.05, 4.69) is 10.6 Å². The van der Waals surface area contributed by atoms with E-state index in [0.29, 0.717) is 18.8 Å². The standard InChI is InChI=1S/C21H23N3O4/c25-20(23-16-9-5-2-6-10-16)28-18-13-22-17-11-12-24(19(17)18)21(26)27-14-15-7-3-1-4-8-15/h1-10,17-19,22H,11-14H2,(H,23,25)/t17-,18+,19+/m1/s1. The number of benzene rings is 2. The summed E-state index contributed by atoms with van der Waals surface area (Å²) < 4.78 is 11.1. The summed E-state index contributed by atoms with van der Waals surface area (Å²) in [4.78, 5) is 26.5. The Kier molecular flexibility index (Phi) is 5.43. The lowest BCUT2D eigenvalue weighted by Gasteiger charge is -2.27. The molecule has 2 fully saturated rings. The number of nitrogens with one attached hydrogen (secondary N) is 2. The van der Waals surface area contributed by atoms with Gasteiger partial charge in [-0.1, -0.05) is 48.5 Å². The Morgan fingerprint density at radius 3 is 2.54 bits per heavy atom. The highest BCUT2D eigenvalue weighted by molar-refractivity contribution is 5.84. The maximum absolute atomic E-state index is 12.6. The summed E-state index contributed by atoms with van der Waals surface area (Å²) in [5, 5.41) is 6.06. The molecule has 0 unspecified atom stereocenters. The molecule has 0 saturated carbocycles. The van der Waals surface area contributed by atoms with Crippen molar-refractivity contribution in [2.24, 2.45) is 0 Å². The number of anilines is 1. The van der Waals surface area contributed by atoms with Crippen LogP contribution in [-0.4, -0.2) is 48.4 Å². The topological polar surface area (TPSA) is 79.9 Å². The van der Waals surface area contributed by atoms with Crippen molar-refractivity contribution < 1.29 is 19.1 Å². The van der Waals surface area contributed by atoms with Crippen LogP contribution in [0.1, 0.15) is 12.0 Å². The molecule has 2 aliphatic rings. The highest BCUT2D eigenvalue weighted by Gasteiger charge is 2.48. The zero-order valence-corrected chi connectivity index (χ0v) is 15.4. The molecule has 146 valence electrons. The van der Waals surface area contributed by atoms with E-state index in [1.807, 2.05) is 48.5 Å². The van der Waals surface area contributed by atoms with Gasteiger partial charge >= 0.3 is 12.2 Å². The zero-order chi connectivity index (χ0) is 19.3. The minimum Gasteiger partial charge on any atom is -0.445 e. The lowest BCUT2D eigenvalue weighted by atomic mass is 10.1. The number of amides is 2. The van der Waals surface area contributed by atoms with Gasteiger partial charge in [0.15, 0.2) is 0 Å². The van der Waals surface area contributed by atoms with Crippen LogP contribution in [0.25, 0.3) is 0 Å². The SMILES string of the molecule is O=C(Nc1ccccc1)O[C@H]1CN[C@@H]2CCN(C(=O)OCc3ccccc3)[C@H]12. The third-order valence-corrected chi connectivity index (χ3v) is 5.13. The van der Waals surface area contributed by atoms with E-state index in [1.165, 1.54) is 0 Å². The molecule has 0 aromatic heterocycles. The van der Waals surface area contributed by atoms with Gasteiger partial charge in [0.05, 0.1) is 6.04 Å². The third-order valence-electron chi connectivity index (χ3n) is 5.13. The fourth-order valence-electron chi connectivity index (χ4n) is 3.82. The molecule has 0 radical (unpaired) electrons. The Morgan fingerprint density at radius 1 is 1.07 bits per heavy atom. The van der Waals surface area contributed by atoms with Gasteiger partial charge in [0.2, 0.25) is 0 Å². The van der Waals surface area contributed by atoms with Gasteiger partial charge in [0.1, 0.15) is 12.7 Å². The fourth-order valence-corrected chi connectivity index (χ4v) is 3.82. The van der Waals surface area contributed by atoms with Gasteiger partial charge in [-0.25, -0.2) is 9.59 Å². The summed E-state index contributed by atoms with van der Waals surface area (Å²) in [6, 6.07) is 18.6. The van der Waals surface area contributed by atoms with Gasteiger partial charge in [-0.05, 0) is 24.1 Å². The number of hydrogen-bond acceptors (Lipinski definition) is 5. The minimum absolute atomic E-state index is 0.110. The molecule has 2 heterocycles. The molecular weight excluding hydrogens is 358 g/mol. The van der Waals surface area contributed by atoms with E-state index in [-0.39, 0.29) is 24.8 Å². The van der Waals surface area contributed by atoms with E-state index in [1.54, 1.807) is 17.0 Å². The first-order valence-electron chi connectivity index (χ1n) is 9.44. The average molecular weight is 381 g/mol.